The lowest BCUT2D eigenvalue weighted by Crippen LogP contribution is -2.38. The van der Waals surface area contributed by atoms with Gasteiger partial charge in [0.1, 0.15) is 12.7 Å². The highest BCUT2D eigenvalue weighted by atomic mass is 16.6. The van der Waals surface area contributed by atoms with Gasteiger partial charge < -0.3 is 19.7 Å². The summed E-state index contributed by atoms with van der Waals surface area (Å²) in [6, 6.07) is 0. The van der Waals surface area contributed by atoms with Crippen molar-refractivity contribution in [1.29, 1.82) is 0 Å². The number of rotatable bonds is 19. The molecule has 35 heavy (non-hydrogen) atoms. The van der Waals surface area contributed by atoms with Crippen molar-refractivity contribution in [3.8, 4) is 0 Å². The van der Waals surface area contributed by atoms with E-state index in [0.717, 1.165) is 30.6 Å². The molecule has 6 atom stereocenters. The van der Waals surface area contributed by atoms with Crippen LogP contribution in [-0.4, -0.2) is 52.9 Å². The molecule has 1 saturated heterocycles. The van der Waals surface area contributed by atoms with Gasteiger partial charge in [0.25, 0.3) is 0 Å². The number of aliphatic hydroxyl groups is 2. The van der Waals surface area contributed by atoms with Crippen LogP contribution < -0.4 is 0 Å². The Morgan fingerprint density at radius 1 is 0.829 bits per heavy atom. The first-order valence-corrected chi connectivity index (χ1v) is 13.8. The molecule has 0 aromatic carbocycles. The third-order valence-corrected chi connectivity index (χ3v) is 7.12. The standard InChI is InChI=1S/C28H50O7/c1-19(2)10-6-11-20(3)12-7-13-21(4)14-8-15-22(5)16-9-17-24(30)34-18-23(29)27-25(31)26(32)28(33)35-27/h19-23,26-27,29,32H,6-18H2,1-5H3. The Balaban J connectivity index is 2.05. The highest BCUT2D eigenvalue weighted by Gasteiger charge is 2.46. The summed E-state index contributed by atoms with van der Waals surface area (Å²) in [7, 11) is 0. The predicted molar refractivity (Wildman–Crippen MR) is 136 cm³/mol. The molecule has 0 bridgehead atoms. The number of cyclic esters (lactones) is 1. The lowest BCUT2D eigenvalue weighted by molar-refractivity contribution is -0.156. The molecule has 6 unspecified atom stereocenters. The lowest BCUT2D eigenvalue weighted by atomic mass is 9.90. The Kier molecular flexibility index (Phi) is 15.4. The summed E-state index contributed by atoms with van der Waals surface area (Å²) in [4.78, 5) is 34.7. The molecule has 1 heterocycles. The van der Waals surface area contributed by atoms with E-state index in [1.165, 1.54) is 51.4 Å². The van der Waals surface area contributed by atoms with Crippen molar-refractivity contribution in [2.45, 2.75) is 130 Å². The molecule has 1 aliphatic heterocycles. The molecule has 204 valence electrons. The van der Waals surface area contributed by atoms with Crippen LogP contribution in [0.3, 0.4) is 0 Å². The van der Waals surface area contributed by atoms with Gasteiger partial charge in [-0.05, 0) is 30.1 Å². The van der Waals surface area contributed by atoms with Gasteiger partial charge in [-0.15, -0.1) is 0 Å². The van der Waals surface area contributed by atoms with Crippen molar-refractivity contribution in [2.75, 3.05) is 6.61 Å². The molecule has 0 aromatic rings. The van der Waals surface area contributed by atoms with E-state index >= 15 is 0 Å². The number of hydrogen-bond acceptors (Lipinski definition) is 7. The van der Waals surface area contributed by atoms with Gasteiger partial charge in [-0.2, -0.15) is 0 Å². The first kappa shape index (κ1) is 31.6. The molecule has 1 aliphatic rings. The molecule has 0 aliphatic carbocycles. The molecule has 7 nitrogen and oxygen atoms in total. The Hall–Kier alpha value is -1.47. The Bertz CT molecular complexity index is 633. The van der Waals surface area contributed by atoms with Crippen molar-refractivity contribution >= 4 is 17.7 Å². The van der Waals surface area contributed by atoms with E-state index in [-0.39, 0.29) is 6.42 Å². The van der Waals surface area contributed by atoms with Gasteiger partial charge in [-0.1, -0.05) is 98.8 Å². The first-order valence-electron chi connectivity index (χ1n) is 13.8. The molecular formula is C28H50O7. The second kappa shape index (κ2) is 17.1. The monoisotopic (exact) mass is 498 g/mol. The molecule has 0 radical (unpaired) electrons. The summed E-state index contributed by atoms with van der Waals surface area (Å²) in [5.41, 5.74) is 0. The Morgan fingerprint density at radius 3 is 1.71 bits per heavy atom. The minimum atomic E-state index is -1.87. The summed E-state index contributed by atoms with van der Waals surface area (Å²) in [5, 5.41) is 19.2. The van der Waals surface area contributed by atoms with Crippen LogP contribution in [0, 0.1) is 23.7 Å². The quantitative estimate of drug-likeness (QED) is 0.191. The van der Waals surface area contributed by atoms with Crippen molar-refractivity contribution in [3.05, 3.63) is 0 Å². The largest absolute Gasteiger partial charge is 0.463 e. The zero-order chi connectivity index (χ0) is 26.4. The van der Waals surface area contributed by atoms with Crippen LogP contribution >= 0.6 is 0 Å². The summed E-state index contributed by atoms with van der Waals surface area (Å²) in [6.45, 7) is 11.1. The number of carbonyl (C=O) groups is 3. The molecule has 7 heteroatoms. The van der Waals surface area contributed by atoms with Crippen LogP contribution in [0.15, 0.2) is 0 Å². The van der Waals surface area contributed by atoms with Crippen LogP contribution in [-0.2, 0) is 23.9 Å². The van der Waals surface area contributed by atoms with Crippen molar-refractivity contribution < 1.29 is 34.1 Å². The number of carbonyl (C=O) groups excluding carboxylic acids is 3. The fourth-order valence-electron chi connectivity index (χ4n) is 4.66. The number of hydrogen-bond donors (Lipinski definition) is 2. The fraction of sp³-hybridized carbons (Fsp3) is 0.893. The van der Waals surface area contributed by atoms with Gasteiger partial charge in [0.15, 0.2) is 6.10 Å². The summed E-state index contributed by atoms with van der Waals surface area (Å²) < 4.78 is 9.62. The Labute approximate surface area is 212 Å². The second-order valence-electron chi connectivity index (χ2n) is 11.3. The Morgan fingerprint density at radius 2 is 1.29 bits per heavy atom. The van der Waals surface area contributed by atoms with E-state index in [4.69, 9.17) is 4.74 Å². The number of ketones is 1. The third kappa shape index (κ3) is 13.4. The van der Waals surface area contributed by atoms with Gasteiger partial charge in [0.05, 0.1) is 0 Å². The molecule has 1 rings (SSSR count). The molecule has 0 aromatic heterocycles. The molecule has 1 fully saturated rings. The molecule has 2 N–H and O–H groups in total. The summed E-state index contributed by atoms with van der Waals surface area (Å²) in [5.74, 6) is 0.501. The maximum absolute atomic E-state index is 11.9. The molecule has 0 amide bonds. The minimum absolute atomic E-state index is 0.240. The summed E-state index contributed by atoms with van der Waals surface area (Å²) >= 11 is 0. The van der Waals surface area contributed by atoms with Crippen LogP contribution in [0.1, 0.15) is 112 Å². The maximum atomic E-state index is 11.9. The lowest BCUT2D eigenvalue weighted by Gasteiger charge is -2.17. The molecular weight excluding hydrogens is 448 g/mol. The van der Waals surface area contributed by atoms with E-state index in [1.807, 2.05) is 0 Å². The van der Waals surface area contributed by atoms with Gasteiger partial charge in [-0.25, -0.2) is 4.79 Å². The van der Waals surface area contributed by atoms with Crippen LogP contribution in [0.4, 0.5) is 0 Å². The highest BCUT2D eigenvalue weighted by Crippen LogP contribution is 2.23. The second-order valence-corrected chi connectivity index (χ2v) is 11.3. The highest BCUT2D eigenvalue weighted by molar-refractivity contribution is 6.09. The number of ether oxygens (including phenoxy) is 2. The summed E-state index contributed by atoms with van der Waals surface area (Å²) in [6.07, 6.45) is 8.72. The smallest absolute Gasteiger partial charge is 0.343 e. The number of Topliss-reactive ketones (excluding diaryl/α,β-unsaturated/α-hetero) is 1. The average Bonchev–Trinajstić information content (AvgIpc) is 3.04. The van der Waals surface area contributed by atoms with E-state index in [9.17, 15) is 24.6 Å². The van der Waals surface area contributed by atoms with Gasteiger partial charge in [0.2, 0.25) is 11.9 Å². The van der Waals surface area contributed by atoms with Crippen LogP contribution in [0.2, 0.25) is 0 Å². The zero-order valence-corrected chi connectivity index (χ0v) is 22.7. The normalized spacial score (nSPS) is 21.6. The molecule has 0 saturated carbocycles. The predicted octanol–water partition coefficient (Wildman–Crippen LogP) is 4.99. The van der Waals surface area contributed by atoms with Crippen molar-refractivity contribution in [3.63, 3.8) is 0 Å². The van der Waals surface area contributed by atoms with E-state index < -0.39 is 42.6 Å². The zero-order valence-electron chi connectivity index (χ0n) is 22.7. The van der Waals surface area contributed by atoms with Crippen LogP contribution in [0.5, 0.6) is 0 Å². The van der Waals surface area contributed by atoms with E-state index in [2.05, 4.69) is 39.4 Å². The fourth-order valence-corrected chi connectivity index (χ4v) is 4.66. The van der Waals surface area contributed by atoms with Crippen molar-refractivity contribution in [1.82, 2.24) is 0 Å². The van der Waals surface area contributed by atoms with Gasteiger partial charge in [-0.3, -0.25) is 9.59 Å². The van der Waals surface area contributed by atoms with Crippen molar-refractivity contribution in [2.24, 2.45) is 23.7 Å². The van der Waals surface area contributed by atoms with Gasteiger partial charge >= 0.3 is 11.9 Å². The number of esters is 2. The maximum Gasteiger partial charge on any atom is 0.343 e. The average molecular weight is 499 g/mol. The first-order chi connectivity index (χ1) is 16.5. The van der Waals surface area contributed by atoms with Gasteiger partial charge in [0, 0.05) is 6.42 Å². The van der Waals surface area contributed by atoms with E-state index in [1.54, 1.807) is 0 Å². The van der Waals surface area contributed by atoms with Crippen LogP contribution in [0.25, 0.3) is 0 Å². The molecule has 0 spiro atoms. The number of aliphatic hydroxyl groups excluding tert-OH is 2. The SMILES string of the molecule is CC(C)CCCC(C)CCCC(C)CCCC(C)CCCC(=O)OCC(O)C1OC(=O)C(O)C1=O. The third-order valence-electron chi connectivity index (χ3n) is 7.12. The minimum Gasteiger partial charge on any atom is -0.463 e. The topological polar surface area (TPSA) is 110 Å². The van der Waals surface area contributed by atoms with E-state index in [0.29, 0.717) is 12.3 Å².